The molecule has 0 bridgehead atoms. The van der Waals surface area contributed by atoms with Crippen LogP contribution in [-0.4, -0.2) is 49.0 Å². The predicted molar refractivity (Wildman–Crippen MR) is 134 cm³/mol. The third-order valence-corrected chi connectivity index (χ3v) is 6.98. The topological polar surface area (TPSA) is 113 Å². The summed E-state index contributed by atoms with van der Waals surface area (Å²) in [6.45, 7) is 2.42. The van der Waals surface area contributed by atoms with Gasteiger partial charge < -0.3 is 19.9 Å². The number of pyridine rings is 1. The summed E-state index contributed by atoms with van der Waals surface area (Å²) in [6.07, 6.45) is 3.73. The largest absolute Gasteiger partial charge is 0.375 e. The van der Waals surface area contributed by atoms with Gasteiger partial charge in [-0.05, 0) is 36.2 Å². The van der Waals surface area contributed by atoms with Crippen LogP contribution in [0.3, 0.4) is 0 Å². The smallest absolute Gasteiger partial charge is 0.274 e. The van der Waals surface area contributed by atoms with Crippen LogP contribution >= 0.6 is 11.3 Å². The van der Waals surface area contributed by atoms with E-state index in [-0.39, 0.29) is 11.5 Å². The first-order valence-corrected chi connectivity index (χ1v) is 11.9. The summed E-state index contributed by atoms with van der Waals surface area (Å²) in [6, 6.07) is 10.8. The Morgan fingerprint density at radius 3 is 2.71 bits per heavy atom. The van der Waals surface area contributed by atoms with E-state index < -0.39 is 5.60 Å². The van der Waals surface area contributed by atoms with Crippen LogP contribution in [0.1, 0.15) is 17.5 Å². The number of carbonyl (C=O) groups is 1. The fraction of sp³-hybridized carbons (Fsp3) is 0.240. The minimum absolute atomic E-state index is 0.172. The van der Waals surface area contributed by atoms with Crippen molar-refractivity contribution in [1.29, 1.82) is 0 Å². The molecule has 1 aliphatic heterocycles. The molecule has 2 N–H and O–H groups in total. The summed E-state index contributed by atoms with van der Waals surface area (Å²) in [5, 5.41) is 16.6. The van der Waals surface area contributed by atoms with Crippen molar-refractivity contribution < 1.29 is 9.90 Å². The molecule has 4 heterocycles. The molecule has 0 aliphatic carbocycles. The van der Waals surface area contributed by atoms with E-state index in [1.165, 1.54) is 15.9 Å². The summed E-state index contributed by atoms with van der Waals surface area (Å²) in [5.74, 6) is 0.00627. The van der Waals surface area contributed by atoms with Gasteiger partial charge in [-0.25, -0.2) is 15.0 Å². The van der Waals surface area contributed by atoms with Gasteiger partial charge in [0.1, 0.15) is 16.4 Å². The molecule has 178 valence electrons. The van der Waals surface area contributed by atoms with E-state index in [1.807, 2.05) is 30.5 Å². The van der Waals surface area contributed by atoms with Crippen molar-refractivity contribution in [1.82, 2.24) is 24.4 Å². The molecule has 9 nitrogen and oxygen atoms in total. The van der Waals surface area contributed by atoms with Crippen LogP contribution in [0.25, 0.3) is 22.0 Å². The van der Waals surface area contributed by atoms with E-state index in [1.54, 1.807) is 49.6 Å². The van der Waals surface area contributed by atoms with Crippen molar-refractivity contribution in [2.75, 3.05) is 18.9 Å². The Morgan fingerprint density at radius 2 is 1.94 bits per heavy atom. The molecule has 4 aromatic rings. The number of carbonyl (C=O) groups excluding carboxylic acids is 1. The van der Waals surface area contributed by atoms with E-state index in [0.29, 0.717) is 41.6 Å². The summed E-state index contributed by atoms with van der Waals surface area (Å²) in [7, 11) is 3.39. The van der Waals surface area contributed by atoms with Gasteiger partial charge in [0.25, 0.3) is 11.5 Å². The summed E-state index contributed by atoms with van der Waals surface area (Å²) in [4.78, 5) is 40.0. The molecule has 1 amide bonds. The number of anilines is 2. The van der Waals surface area contributed by atoms with Gasteiger partial charge in [-0.3, -0.25) is 9.59 Å². The molecule has 0 unspecified atom stereocenters. The molecule has 5 rings (SSSR count). The molecule has 1 aromatic carbocycles. The molecule has 0 saturated carbocycles. The van der Waals surface area contributed by atoms with Crippen molar-refractivity contribution in [3.05, 3.63) is 75.7 Å². The lowest BCUT2D eigenvalue weighted by Crippen LogP contribution is -2.36. The van der Waals surface area contributed by atoms with Gasteiger partial charge in [-0.15, -0.1) is 11.3 Å². The highest BCUT2D eigenvalue weighted by atomic mass is 32.1. The third-order valence-electron chi connectivity index (χ3n) is 6.09. The van der Waals surface area contributed by atoms with Gasteiger partial charge in [0, 0.05) is 50.4 Å². The van der Waals surface area contributed by atoms with E-state index in [0.717, 1.165) is 16.1 Å². The first-order valence-electron chi connectivity index (χ1n) is 11.1. The summed E-state index contributed by atoms with van der Waals surface area (Å²) >= 11 is 1.44. The molecule has 1 fully saturated rings. The highest BCUT2D eigenvalue weighted by Crippen LogP contribution is 2.36. The van der Waals surface area contributed by atoms with Crippen LogP contribution in [-0.2, 0) is 17.4 Å². The Balaban J connectivity index is 1.42. The van der Waals surface area contributed by atoms with Crippen LogP contribution in [0.5, 0.6) is 0 Å². The standard InChI is InChI=1S/C25H24N6O3S/c1-15-11-19(22(32)31(3)13-15)29-24-26-9-7-18(28-24)20-14-35-21(27-20)16-5-4-6-17(12-16)25(34)8-10-30(2)23(25)33/h4-7,9,11-14,34H,8,10H2,1-3H3,(H,26,28,29)/t25-/m1/s1. The minimum Gasteiger partial charge on any atom is -0.375 e. The van der Waals surface area contributed by atoms with Crippen LogP contribution < -0.4 is 10.9 Å². The van der Waals surface area contributed by atoms with Crippen molar-refractivity contribution in [3.63, 3.8) is 0 Å². The van der Waals surface area contributed by atoms with Crippen molar-refractivity contribution in [2.45, 2.75) is 18.9 Å². The fourth-order valence-corrected chi connectivity index (χ4v) is 5.02. The molecule has 10 heteroatoms. The van der Waals surface area contributed by atoms with E-state index in [2.05, 4.69) is 15.3 Å². The van der Waals surface area contributed by atoms with Gasteiger partial charge in [-0.2, -0.15) is 0 Å². The highest BCUT2D eigenvalue weighted by Gasteiger charge is 2.45. The molecule has 1 saturated heterocycles. The van der Waals surface area contributed by atoms with Gasteiger partial charge in [0.05, 0.1) is 5.69 Å². The first kappa shape index (κ1) is 22.9. The Morgan fingerprint density at radius 1 is 1.11 bits per heavy atom. The van der Waals surface area contributed by atoms with Crippen molar-refractivity contribution in [3.8, 4) is 22.0 Å². The molecular formula is C25H24N6O3S. The molecule has 0 radical (unpaired) electrons. The van der Waals surface area contributed by atoms with Crippen molar-refractivity contribution >= 4 is 28.9 Å². The maximum Gasteiger partial charge on any atom is 0.274 e. The van der Waals surface area contributed by atoms with Crippen LogP contribution in [0.2, 0.25) is 0 Å². The van der Waals surface area contributed by atoms with Crippen molar-refractivity contribution in [2.24, 2.45) is 7.05 Å². The fourth-order valence-electron chi connectivity index (χ4n) is 4.21. The van der Waals surface area contributed by atoms with Gasteiger partial charge in [0.15, 0.2) is 5.60 Å². The molecule has 1 aliphatic rings. The maximum atomic E-state index is 12.5. The Labute approximate surface area is 205 Å². The van der Waals surface area contributed by atoms with Crippen LogP contribution in [0.4, 0.5) is 11.6 Å². The molecule has 1 atom stereocenters. The second kappa shape index (κ2) is 8.71. The molecular weight excluding hydrogens is 464 g/mol. The Bertz CT molecular complexity index is 1500. The SMILES string of the molecule is Cc1cc(Nc2nccc(-c3csc(-c4cccc([C@]5(O)CCN(C)C5=O)c4)n3)n2)c(=O)n(C)c1. The number of amides is 1. The monoisotopic (exact) mass is 488 g/mol. The van der Waals surface area contributed by atoms with Crippen LogP contribution in [0, 0.1) is 6.92 Å². The number of thiazole rings is 1. The minimum atomic E-state index is -1.51. The van der Waals surface area contributed by atoms with E-state index in [4.69, 9.17) is 4.98 Å². The van der Waals surface area contributed by atoms with E-state index >= 15 is 0 Å². The van der Waals surface area contributed by atoms with Gasteiger partial charge in [0.2, 0.25) is 5.95 Å². The second-order valence-corrected chi connectivity index (χ2v) is 9.55. The highest BCUT2D eigenvalue weighted by molar-refractivity contribution is 7.13. The first-order chi connectivity index (χ1) is 16.7. The lowest BCUT2D eigenvalue weighted by atomic mass is 9.91. The zero-order valence-corrected chi connectivity index (χ0v) is 20.3. The predicted octanol–water partition coefficient (Wildman–Crippen LogP) is 3.07. The average Bonchev–Trinajstić information content (AvgIpc) is 3.45. The number of likely N-dealkylation sites (N-methyl/N-ethyl adjacent to an activating group) is 1. The normalized spacial score (nSPS) is 17.7. The number of nitrogens with zero attached hydrogens (tertiary/aromatic N) is 5. The molecule has 3 aromatic heterocycles. The number of aliphatic hydroxyl groups is 1. The summed E-state index contributed by atoms with van der Waals surface area (Å²) < 4.78 is 1.51. The maximum absolute atomic E-state index is 12.5. The number of hydrogen-bond donors (Lipinski definition) is 2. The number of aryl methyl sites for hydroxylation is 2. The second-order valence-electron chi connectivity index (χ2n) is 8.69. The quantitative estimate of drug-likeness (QED) is 0.444. The van der Waals surface area contributed by atoms with Gasteiger partial charge >= 0.3 is 0 Å². The zero-order chi connectivity index (χ0) is 24.7. The lowest BCUT2D eigenvalue weighted by Gasteiger charge is -2.21. The van der Waals surface area contributed by atoms with Gasteiger partial charge in [-0.1, -0.05) is 18.2 Å². The molecule has 0 spiro atoms. The third kappa shape index (κ3) is 4.22. The number of benzene rings is 1. The number of aromatic nitrogens is 4. The average molecular weight is 489 g/mol. The van der Waals surface area contributed by atoms with Crippen LogP contribution in [0.15, 0.2) is 59.0 Å². The van der Waals surface area contributed by atoms with E-state index in [9.17, 15) is 14.7 Å². The molecule has 35 heavy (non-hydrogen) atoms. The number of rotatable bonds is 5. The lowest BCUT2D eigenvalue weighted by molar-refractivity contribution is -0.143. The number of hydrogen-bond acceptors (Lipinski definition) is 8. The zero-order valence-electron chi connectivity index (χ0n) is 19.5. The summed E-state index contributed by atoms with van der Waals surface area (Å²) in [5.41, 5.74) is 2.29. The number of likely N-dealkylation sites (tertiary alicyclic amines) is 1. The Hall–Kier alpha value is -3.89. The number of nitrogens with one attached hydrogen (secondary N) is 1. The Kier molecular flexibility index (Phi) is 5.70.